The molecule has 1 aliphatic heterocycles. The van der Waals surface area contributed by atoms with Crippen molar-refractivity contribution in [1.29, 1.82) is 0 Å². The van der Waals surface area contributed by atoms with Crippen LogP contribution in [0, 0.1) is 0 Å². The zero-order valence-corrected chi connectivity index (χ0v) is 9.06. The largest absolute Gasteiger partial charge is 0.485 e. The van der Waals surface area contributed by atoms with E-state index in [1.807, 2.05) is 38.1 Å². The Bertz CT molecular complexity index is 346. The summed E-state index contributed by atoms with van der Waals surface area (Å²) >= 11 is 0. The maximum atomic E-state index is 9.11. The van der Waals surface area contributed by atoms with Gasteiger partial charge in [-0.15, -0.1) is 0 Å². The number of aliphatic hydroxyl groups excluding tert-OH is 1. The lowest BCUT2D eigenvalue weighted by Gasteiger charge is -2.23. The van der Waals surface area contributed by atoms with Gasteiger partial charge >= 0.3 is 0 Å². The number of aliphatic hydroxyl groups is 1. The molecule has 1 heterocycles. The summed E-state index contributed by atoms with van der Waals surface area (Å²) in [5.74, 6) is 0.805. The van der Waals surface area contributed by atoms with Gasteiger partial charge in [-0.25, -0.2) is 0 Å². The van der Waals surface area contributed by atoms with Gasteiger partial charge < -0.3 is 14.6 Å². The highest BCUT2D eigenvalue weighted by Crippen LogP contribution is 2.35. The number of para-hydroxylation sites is 1. The number of hydrogen-bond donors (Lipinski definition) is 1. The van der Waals surface area contributed by atoms with Gasteiger partial charge in [0.05, 0.1) is 18.8 Å². The van der Waals surface area contributed by atoms with E-state index >= 15 is 0 Å². The summed E-state index contributed by atoms with van der Waals surface area (Å²) in [5.41, 5.74) is 0.668. The summed E-state index contributed by atoms with van der Waals surface area (Å²) in [5, 5.41) is 9.11. The second-order valence-electron chi connectivity index (χ2n) is 4.24. The Morgan fingerprint density at radius 1 is 1.40 bits per heavy atom. The molecular formula is C12H16O3. The molecule has 3 nitrogen and oxygen atoms in total. The van der Waals surface area contributed by atoms with Crippen molar-refractivity contribution in [3.8, 4) is 5.75 Å². The summed E-state index contributed by atoms with van der Waals surface area (Å²) in [4.78, 5) is 0. The molecule has 2 rings (SSSR count). The van der Waals surface area contributed by atoms with Crippen LogP contribution >= 0.6 is 0 Å². The molecule has 15 heavy (non-hydrogen) atoms. The van der Waals surface area contributed by atoms with Crippen LogP contribution in [0.5, 0.6) is 5.75 Å². The smallest absolute Gasteiger partial charge is 0.145 e. The first-order valence-electron chi connectivity index (χ1n) is 5.14. The van der Waals surface area contributed by atoms with Gasteiger partial charge in [-0.3, -0.25) is 0 Å². The first-order chi connectivity index (χ1) is 7.13. The summed E-state index contributed by atoms with van der Waals surface area (Å²) in [7, 11) is 0. The minimum absolute atomic E-state index is 0.0234. The predicted molar refractivity (Wildman–Crippen MR) is 56.9 cm³/mol. The standard InChI is InChI=1S/C12H16O3/c1-12(2)10-5-3-4-6-11(10)15-9(7-13)8-14-12/h3-6,9,13H,7-8H2,1-2H3/t9-/m0/s1. The van der Waals surface area contributed by atoms with Crippen LogP contribution in [0.4, 0.5) is 0 Å². The van der Waals surface area contributed by atoms with Crippen molar-refractivity contribution in [2.75, 3.05) is 13.2 Å². The quantitative estimate of drug-likeness (QED) is 0.763. The molecular weight excluding hydrogens is 192 g/mol. The van der Waals surface area contributed by atoms with Crippen molar-refractivity contribution in [1.82, 2.24) is 0 Å². The highest BCUT2D eigenvalue weighted by atomic mass is 16.6. The third-order valence-corrected chi connectivity index (χ3v) is 2.66. The van der Waals surface area contributed by atoms with E-state index in [-0.39, 0.29) is 18.3 Å². The van der Waals surface area contributed by atoms with E-state index in [1.165, 1.54) is 0 Å². The monoisotopic (exact) mass is 208 g/mol. The topological polar surface area (TPSA) is 38.7 Å². The summed E-state index contributed by atoms with van der Waals surface area (Å²) < 4.78 is 11.4. The molecule has 82 valence electrons. The summed E-state index contributed by atoms with van der Waals surface area (Å²) in [6.45, 7) is 4.41. The normalized spacial score (nSPS) is 23.8. The summed E-state index contributed by atoms with van der Waals surface area (Å²) in [6, 6.07) is 7.80. The molecule has 1 N–H and O–H groups in total. The molecule has 0 spiro atoms. The van der Waals surface area contributed by atoms with Gasteiger partial charge in [0.25, 0.3) is 0 Å². The lowest BCUT2D eigenvalue weighted by molar-refractivity contribution is -0.0506. The van der Waals surface area contributed by atoms with Gasteiger partial charge in [-0.2, -0.15) is 0 Å². The van der Waals surface area contributed by atoms with Crippen LogP contribution < -0.4 is 4.74 Å². The molecule has 1 aliphatic rings. The Labute approximate surface area is 89.6 Å². The SMILES string of the molecule is CC1(C)OC[C@H](CO)Oc2ccccc21. The fourth-order valence-electron chi connectivity index (χ4n) is 1.75. The minimum atomic E-state index is -0.361. The minimum Gasteiger partial charge on any atom is -0.485 e. The summed E-state index contributed by atoms with van der Waals surface area (Å²) in [6.07, 6.45) is -0.270. The Morgan fingerprint density at radius 2 is 2.13 bits per heavy atom. The molecule has 0 saturated carbocycles. The van der Waals surface area contributed by atoms with E-state index in [0.717, 1.165) is 11.3 Å². The maximum Gasteiger partial charge on any atom is 0.145 e. The Morgan fingerprint density at radius 3 is 2.87 bits per heavy atom. The van der Waals surface area contributed by atoms with Crippen LogP contribution in [-0.4, -0.2) is 24.4 Å². The van der Waals surface area contributed by atoms with E-state index < -0.39 is 0 Å². The highest BCUT2D eigenvalue weighted by molar-refractivity contribution is 5.38. The van der Waals surface area contributed by atoms with E-state index in [9.17, 15) is 0 Å². The Balaban J connectivity index is 2.40. The van der Waals surface area contributed by atoms with Gasteiger partial charge in [0, 0.05) is 5.56 Å². The highest BCUT2D eigenvalue weighted by Gasteiger charge is 2.30. The molecule has 0 bridgehead atoms. The van der Waals surface area contributed by atoms with Crippen molar-refractivity contribution < 1.29 is 14.6 Å². The molecule has 1 atom stereocenters. The molecule has 0 amide bonds. The molecule has 3 heteroatoms. The number of benzene rings is 1. The van der Waals surface area contributed by atoms with Crippen LogP contribution in [0.1, 0.15) is 19.4 Å². The van der Waals surface area contributed by atoms with Crippen LogP contribution in [0.15, 0.2) is 24.3 Å². The van der Waals surface area contributed by atoms with E-state index in [0.29, 0.717) is 6.61 Å². The number of rotatable bonds is 1. The van der Waals surface area contributed by atoms with Crippen LogP contribution in [-0.2, 0) is 10.3 Å². The van der Waals surface area contributed by atoms with Gasteiger partial charge in [0.2, 0.25) is 0 Å². The zero-order chi connectivity index (χ0) is 10.9. The first-order valence-corrected chi connectivity index (χ1v) is 5.14. The van der Waals surface area contributed by atoms with Crippen LogP contribution in [0.25, 0.3) is 0 Å². The van der Waals surface area contributed by atoms with Crippen LogP contribution in [0.3, 0.4) is 0 Å². The van der Waals surface area contributed by atoms with Gasteiger partial charge in [-0.1, -0.05) is 18.2 Å². The molecule has 0 radical (unpaired) electrons. The fourth-order valence-corrected chi connectivity index (χ4v) is 1.75. The predicted octanol–water partition coefficient (Wildman–Crippen LogP) is 1.69. The third kappa shape index (κ3) is 1.98. The zero-order valence-electron chi connectivity index (χ0n) is 9.06. The Kier molecular flexibility index (Phi) is 2.67. The number of hydrogen-bond acceptors (Lipinski definition) is 3. The van der Waals surface area contributed by atoms with Crippen molar-refractivity contribution >= 4 is 0 Å². The van der Waals surface area contributed by atoms with E-state index in [2.05, 4.69) is 0 Å². The fraction of sp³-hybridized carbons (Fsp3) is 0.500. The molecule has 0 aromatic heterocycles. The lowest BCUT2D eigenvalue weighted by Crippen LogP contribution is -2.28. The second-order valence-corrected chi connectivity index (χ2v) is 4.24. The average Bonchev–Trinajstić information content (AvgIpc) is 2.36. The molecule has 1 aromatic carbocycles. The average molecular weight is 208 g/mol. The second kappa shape index (κ2) is 3.83. The molecule has 1 aromatic rings. The number of ether oxygens (including phenoxy) is 2. The van der Waals surface area contributed by atoms with Crippen molar-refractivity contribution in [2.45, 2.75) is 25.6 Å². The van der Waals surface area contributed by atoms with E-state index in [4.69, 9.17) is 14.6 Å². The van der Waals surface area contributed by atoms with E-state index in [1.54, 1.807) is 0 Å². The van der Waals surface area contributed by atoms with Crippen molar-refractivity contribution in [3.05, 3.63) is 29.8 Å². The molecule has 0 unspecified atom stereocenters. The molecule has 0 saturated heterocycles. The lowest BCUT2D eigenvalue weighted by atomic mass is 9.97. The molecule has 0 fully saturated rings. The van der Waals surface area contributed by atoms with Crippen molar-refractivity contribution in [2.24, 2.45) is 0 Å². The van der Waals surface area contributed by atoms with Gasteiger partial charge in [0.1, 0.15) is 11.9 Å². The van der Waals surface area contributed by atoms with Crippen LogP contribution in [0.2, 0.25) is 0 Å². The van der Waals surface area contributed by atoms with Crippen molar-refractivity contribution in [3.63, 3.8) is 0 Å². The third-order valence-electron chi connectivity index (χ3n) is 2.66. The number of fused-ring (bicyclic) bond motifs is 1. The molecule has 0 aliphatic carbocycles. The first kappa shape index (κ1) is 10.5. The Hall–Kier alpha value is -1.06. The van der Waals surface area contributed by atoms with Gasteiger partial charge in [0.15, 0.2) is 0 Å². The maximum absolute atomic E-state index is 9.11. The van der Waals surface area contributed by atoms with Gasteiger partial charge in [-0.05, 0) is 19.9 Å².